The first-order chi connectivity index (χ1) is 9.40. The number of aryl methyl sites for hydroxylation is 1. The van der Waals surface area contributed by atoms with E-state index in [0.29, 0.717) is 5.92 Å². The summed E-state index contributed by atoms with van der Waals surface area (Å²) < 4.78 is 0. The van der Waals surface area contributed by atoms with Crippen LogP contribution in [0.3, 0.4) is 0 Å². The van der Waals surface area contributed by atoms with Crippen molar-refractivity contribution in [2.45, 2.75) is 57.8 Å². The Balaban J connectivity index is 1.70. The third kappa shape index (κ3) is 4.70. The molecule has 1 aromatic carbocycles. The molecular formula is C19H26. The van der Waals surface area contributed by atoms with Crippen molar-refractivity contribution in [2.24, 2.45) is 0 Å². The Bertz CT molecular complexity index is 396. The van der Waals surface area contributed by atoms with Gasteiger partial charge in [-0.3, -0.25) is 0 Å². The third-order valence-electron chi connectivity index (χ3n) is 3.93. The SMILES string of the molecule is CCCCCCCCc1ccc(C2C=CC=C2)cc1. The number of hydrogen-bond donors (Lipinski definition) is 0. The molecule has 0 radical (unpaired) electrons. The maximum atomic E-state index is 2.31. The lowest BCUT2D eigenvalue weighted by molar-refractivity contribution is 0.607. The number of benzene rings is 1. The summed E-state index contributed by atoms with van der Waals surface area (Å²) >= 11 is 0. The van der Waals surface area contributed by atoms with Crippen LogP contribution in [0.1, 0.15) is 62.5 Å². The van der Waals surface area contributed by atoms with E-state index in [-0.39, 0.29) is 0 Å². The maximum absolute atomic E-state index is 2.31. The van der Waals surface area contributed by atoms with E-state index in [1.165, 1.54) is 56.1 Å². The average molecular weight is 254 g/mol. The number of rotatable bonds is 8. The molecule has 102 valence electrons. The summed E-state index contributed by atoms with van der Waals surface area (Å²) in [6.45, 7) is 2.27. The molecular weight excluding hydrogens is 228 g/mol. The summed E-state index contributed by atoms with van der Waals surface area (Å²) in [5, 5.41) is 0. The van der Waals surface area contributed by atoms with Crippen LogP contribution in [0.15, 0.2) is 48.6 Å². The summed E-state index contributed by atoms with van der Waals surface area (Å²) in [6, 6.07) is 9.19. The van der Waals surface area contributed by atoms with Crippen LogP contribution in [-0.2, 0) is 6.42 Å². The molecule has 0 spiro atoms. The predicted molar refractivity (Wildman–Crippen MR) is 84.5 cm³/mol. The van der Waals surface area contributed by atoms with Crippen molar-refractivity contribution in [2.75, 3.05) is 0 Å². The zero-order valence-electron chi connectivity index (χ0n) is 12.1. The Kier molecular flexibility index (Phi) is 5.94. The molecule has 0 nitrogen and oxygen atoms in total. The number of allylic oxidation sites excluding steroid dienone is 4. The second-order valence-corrected chi connectivity index (χ2v) is 5.55. The molecule has 0 heteroatoms. The van der Waals surface area contributed by atoms with Gasteiger partial charge in [-0.1, -0.05) is 87.6 Å². The molecule has 0 saturated heterocycles. The van der Waals surface area contributed by atoms with Gasteiger partial charge < -0.3 is 0 Å². The van der Waals surface area contributed by atoms with Crippen molar-refractivity contribution in [3.63, 3.8) is 0 Å². The van der Waals surface area contributed by atoms with Gasteiger partial charge in [-0.05, 0) is 24.0 Å². The van der Waals surface area contributed by atoms with Crippen molar-refractivity contribution in [1.82, 2.24) is 0 Å². The highest BCUT2D eigenvalue weighted by Gasteiger charge is 2.06. The Labute approximate surface area is 118 Å². The fourth-order valence-corrected chi connectivity index (χ4v) is 2.67. The predicted octanol–water partition coefficient (Wildman–Crippen LogP) is 5.80. The Morgan fingerprint density at radius 2 is 1.42 bits per heavy atom. The van der Waals surface area contributed by atoms with Gasteiger partial charge in [0.15, 0.2) is 0 Å². The van der Waals surface area contributed by atoms with Gasteiger partial charge >= 0.3 is 0 Å². The molecule has 0 saturated carbocycles. The van der Waals surface area contributed by atoms with E-state index in [9.17, 15) is 0 Å². The average Bonchev–Trinajstić information content (AvgIpc) is 2.97. The zero-order chi connectivity index (χ0) is 13.3. The molecule has 0 N–H and O–H groups in total. The van der Waals surface area contributed by atoms with E-state index in [1.807, 2.05) is 0 Å². The van der Waals surface area contributed by atoms with Gasteiger partial charge in [-0.2, -0.15) is 0 Å². The molecule has 1 aromatic rings. The Hall–Kier alpha value is -1.30. The quantitative estimate of drug-likeness (QED) is 0.514. The monoisotopic (exact) mass is 254 g/mol. The van der Waals surface area contributed by atoms with Gasteiger partial charge in [-0.15, -0.1) is 0 Å². The van der Waals surface area contributed by atoms with Crippen molar-refractivity contribution in [3.8, 4) is 0 Å². The van der Waals surface area contributed by atoms with Gasteiger partial charge in [0.2, 0.25) is 0 Å². The van der Waals surface area contributed by atoms with Gasteiger partial charge in [0.25, 0.3) is 0 Å². The van der Waals surface area contributed by atoms with Crippen LogP contribution < -0.4 is 0 Å². The van der Waals surface area contributed by atoms with Crippen LogP contribution in [0.25, 0.3) is 0 Å². The van der Waals surface area contributed by atoms with Crippen LogP contribution >= 0.6 is 0 Å². The maximum Gasteiger partial charge on any atom is 0.0204 e. The molecule has 19 heavy (non-hydrogen) atoms. The largest absolute Gasteiger partial charge is 0.0732 e. The normalized spacial score (nSPS) is 14.4. The van der Waals surface area contributed by atoms with Crippen molar-refractivity contribution < 1.29 is 0 Å². The first kappa shape index (κ1) is 14.1. The smallest absolute Gasteiger partial charge is 0.0204 e. The molecule has 0 fully saturated rings. The molecule has 2 rings (SSSR count). The molecule has 1 aliphatic carbocycles. The first-order valence-corrected chi connectivity index (χ1v) is 7.84. The molecule has 0 amide bonds. The van der Waals surface area contributed by atoms with E-state index < -0.39 is 0 Å². The Morgan fingerprint density at radius 1 is 0.789 bits per heavy atom. The summed E-state index contributed by atoms with van der Waals surface area (Å²) in [5.41, 5.74) is 2.90. The lowest BCUT2D eigenvalue weighted by Crippen LogP contribution is -1.91. The standard InChI is InChI=1S/C19H26/c1-2-3-4-5-6-7-10-17-13-15-19(16-14-17)18-11-8-9-12-18/h8-9,11-16,18H,2-7,10H2,1H3. The first-order valence-electron chi connectivity index (χ1n) is 7.84. The molecule has 0 heterocycles. The van der Waals surface area contributed by atoms with E-state index in [2.05, 4.69) is 55.5 Å². The summed E-state index contributed by atoms with van der Waals surface area (Å²) in [5.74, 6) is 0.503. The van der Waals surface area contributed by atoms with Crippen molar-refractivity contribution in [1.29, 1.82) is 0 Å². The van der Waals surface area contributed by atoms with Crippen molar-refractivity contribution >= 4 is 0 Å². The number of hydrogen-bond acceptors (Lipinski definition) is 0. The van der Waals surface area contributed by atoms with Gasteiger partial charge in [-0.25, -0.2) is 0 Å². The molecule has 0 unspecified atom stereocenters. The second kappa shape index (κ2) is 7.99. The molecule has 0 atom stereocenters. The Morgan fingerprint density at radius 3 is 2.11 bits per heavy atom. The highest BCUT2D eigenvalue weighted by molar-refractivity contribution is 5.36. The topological polar surface area (TPSA) is 0 Å². The van der Waals surface area contributed by atoms with Crippen LogP contribution in [-0.4, -0.2) is 0 Å². The van der Waals surface area contributed by atoms with Crippen molar-refractivity contribution in [3.05, 3.63) is 59.7 Å². The molecule has 0 aliphatic heterocycles. The third-order valence-corrected chi connectivity index (χ3v) is 3.93. The summed E-state index contributed by atoms with van der Waals surface area (Å²) in [4.78, 5) is 0. The highest BCUT2D eigenvalue weighted by Crippen LogP contribution is 2.23. The van der Waals surface area contributed by atoms with Crippen LogP contribution in [0.2, 0.25) is 0 Å². The van der Waals surface area contributed by atoms with E-state index in [4.69, 9.17) is 0 Å². The minimum atomic E-state index is 0.503. The lowest BCUT2D eigenvalue weighted by atomic mass is 9.98. The van der Waals surface area contributed by atoms with Gasteiger partial charge in [0.1, 0.15) is 0 Å². The zero-order valence-corrected chi connectivity index (χ0v) is 12.1. The van der Waals surface area contributed by atoms with Crippen LogP contribution in [0.5, 0.6) is 0 Å². The molecule has 0 aromatic heterocycles. The lowest BCUT2D eigenvalue weighted by Gasteiger charge is -2.07. The van der Waals surface area contributed by atoms with Gasteiger partial charge in [0.05, 0.1) is 0 Å². The fourth-order valence-electron chi connectivity index (χ4n) is 2.67. The van der Waals surface area contributed by atoms with E-state index >= 15 is 0 Å². The minimum absolute atomic E-state index is 0.503. The highest BCUT2D eigenvalue weighted by atomic mass is 14.1. The molecule has 0 bridgehead atoms. The summed E-state index contributed by atoms with van der Waals surface area (Å²) in [6.07, 6.45) is 18.3. The molecule has 1 aliphatic rings. The second-order valence-electron chi connectivity index (χ2n) is 5.55. The van der Waals surface area contributed by atoms with E-state index in [0.717, 1.165) is 0 Å². The van der Waals surface area contributed by atoms with E-state index in [1.54, 1.807) is 0 Å². The number of unbranched alkanes of at least 4 members (excludes halogenated alkanes) is 5. The van der Waals surface area contributed by atoms with Crippen LogP contribution in [0.4, 0.5) is 0 Å². The van der Waals surface area contributed by atoms with Gasteiger partial charge in [0, 0.05) is 5.92 Å². The fraction of sp³-hybridized carbons (Fsp3) is 0.474. The minimum Gasteiger partial charge on any atom is -0.0732 e. The van der Waals surface area contributed by atoms with Crippen LogP contribution in [0, 0.1) is 0 Å². The summed E-state index contributed by atoms with van der Waals surface area (Å²) in [7, 11) is 0.